The van der Waals surface area contributed by atoms with Crippen LogP contribution in [-0.4, -0.2) is 36.0 Å². The smallest absolute Gasteiger partial charge is 0.226 e. The average Bonchev–Trinajstić information content (AvgIpc) is 3.19. The monoisotopic (exact) mass is 338 g/mol. The standard InChI is InChI=1S/C22H30N2O/c1-3-19(25)24-17-9-6-5-8-16(17)22-13-15-23-14-7-11-21(4-2,20(22)23)12-10-18(22)24/h5-6,8-9,18,20H,3-4,7,10-15H2,1-2H3/t18-,20+,21+,22-/m1/s1. The Kier molecular flexibility index (Phi) is 3.38. The molecule has 134 valence electrons. The number of fused-ring (bicyclic) bond motifs is 1. The summed E-state index contributed by atoms with van der Waals surface area (Å²) >= 11 is 0. The zero-order valence-electron chi connectivity index (χ0n) is 15.6. The zero-order valence-corrected chi connectivity index (χ0v) is 15.6. The Bertz CT molecular complexity index is 716. The fraction of sp³-hybridized carbons (Fsp3) is 0.682. The van der Waals surface area contributed by atoms with Gasteiger partial charge in [-0.2, -0.15) is 0 Å². The number of anilines is 1. The number of hydrogen-bond acceptors (Lipinski definition) is 2. The van der Waals surface area contributed by atoms with Gasteiger partial charge in [0.15, 0.2) is 0 Å². The molecule has 0 bridgehead atoms. The number of carbonyl (C=O) groups excluding carboxylic acids is 1. The van der Waals surface area contributed by atoms with Gasteiger partial charge in [0.2, 0.25) is 5.91 Å². The first-order chi connectivity index (χ1) is 12.2. The third-order valence-corrected chi connectivity index (χ3v) is 8.13. The number of benzene rings is 1. The Hall–Kier alpha value is -1.35. The van der Waals surface area contributed by atoms with Gasteiger partial charge in [-0.15, -0.1) is 0 Å². The molecule has 0 N–H and O–H groups in total. The molecule has 3 fully saturated rings. The third kappa shape index (κ3) is 1.78. The lowest BCUT2D eigenvalue weighted by Crippen LogP contribution is -2.65. The fourth-order valence-corrected chi connectivity index (χ4v) is 7.25. The molecule has 1 aromatic rings. The summed E-state index contributed by atoms with van der Waals surface area (Å²) in [5.41, 5.74) is 3.34. The molecule has 1 spiro atoms. The minimum Gasteiger partial charge on any atom is -0.308 e. The first-order valence-corrected chi connectivity index (χ1v) is 10.3. The summed E-state index contributed by atoms with van der Waals surface area (Å²) in [6.45, 7) is 6.89. The summed E-state index contributed by atoms with van der Waals surface area (Å²) in [6.07, 6.45) is 8.32. The number of para-hydroxylation sites is 1. The molecule has 3 aliphatic heterocycles. The predicted molar refractivity (Wildman–Crippen MR) is 101 cm³/mol. The van der Waals surface area contributed by atoms with E-state index in [0.29, 0.717) is 29.8 Å². The molecule has 2 saturated heterocycles. The maximum Gasteiger partial charge on any atom is 0.226 e. The average molecular weight is 338 g/mol. The Labute approximate surface area is 151 Å². The van der Waals surface area contributed by atoms with Crippen LogP contribution in [0.25, 0.3) is 0 Å². The van der Waals surface area contributed by atoms with E-state index in [0.717, 1.165) is 0 Å². The summed E-state index contributed by atoms with van der Waals surface area (Å²) < 4.78 is 0. The molecule has 3 heterocycles. The van der Waals surface area contributed by atoms with Crippen molar-refractivity contribution >= 4 is 11.6 Å². The molecule has 5 rings (SSSR count). The minimum atomic E-state index is 0.177. The second-order valence-corrected chi connectivity index (χ2v) is 8.74. The van der Waals surface area contributed by atoms with Gasteiger partial charge in [0.25, 0.3) is 0 Å². The van der Waals surface area contributed by atoms with Crippen LogP contribution in [0.1, 0.15) is 64.4 Å². The molecule has 25 heavy (non-hydrogen) atoms. The van der Waals surface area contributed by atoms with Crippen molar-refractivity contribution in [2.75, 3.05) is 18.0 Å². The number of piperidine rings is 1. The second kappa shape index (κ2) is 5.33. The van der Waals surface area contributed by atoms with E-state index in [-0.39, 0.29) is 5.41 Å². The van der Waals surface area contributed by atoms with Gasteiger partial charge in [0.05, 0.1) is 0 Å². The maximum atomic E-state index is 12.9. The second-order valence-electron chi connectivity index (χ2n) is 8.74. The first kappa shape index (κ1) is 15.9. The molecule has 1 aliphatic carbocycles. The van der Waals surface area contributed by atoms with E-state index in [2.05, 4.69) is 41.0 Å². The molecule has 0 aromatic heterocycles. The Balaban J connectivity index is 1.73. The van der Waals surface area contributed by atoms with Gasteiger partial charge in [0.1, 0.15) is 0 Å². The van der Waals surface area contributed by atoms with Crippen molar-refractivity contribution in [2.24, 2.45) is 5.41 Å². The molecule has 0 unspecified atom stereocenters. The fourth-order valence-electron chi connectivity index (χ4n) is 7.25. The van der Waals surface area contributed by atoms with Gasteiger partial charge in [-0.25, -0.2) is 0 Å². The number of hydrogen-bond donors (Lipinski definition) is 0. The third-order valence-electron chi connectivity index (χ3n) is 8.13. The van der Waals surface area contributed by atoms with Crippen LogP contribution in [-0.2, 0) is 10.2 Å². The first-order valence-electron chi connectivity index (χ1n) is 10.3. The van der Waals surface area contributed by atoms with Gasteiger partial charge in [-0.1, -0.05) is 32.0 Å². The zero-order chi connectivity index (χ0) is 17.2. The number of rotatable bonds is 2. The summed E-state index contributed by atoms with van der Waals surface area (Å²) in [5.74, 6) is 0.313. The van der Waals surface area contributed by atoms with Crippen LogP contribution in [0.15, 0.2) is 24.3 Å². The van der Waals surface area contributed by atoms with Crippen molar-refractivity contribution in [3.05, 3.63) is 29.8 Å². The van der Waals surface area contributed by atoms with Crippen molar-refractivity contribution in [3.8, 4) is 0 Å². The van der Waals surface area contributed by atoms with Crippen molar-refractivity contribution in [1.82, 2.24) is 4.90 Å². The highest BCUT2D eigenvalue weighted by Crippen LogP contribution is 2.65. The SMILES string of the molecule is CCC(=O)N1c2ccccc2[C@]23CCN4CCC[C@@](CC)(CC[C@@H]12)[C@H]43. The van der Waals surface area contributed by atoms with Crippen LogP contribution in [0.4, 0.5) is 5.69 Å². The number of nitrogens with zero attached hydrogens (tertiary/aromatic N) is 2. The van der Waals surface area contributed by atoms with E-state index < -0.39 is 0 Å². The van der Waals surface area contributed by atoms with E-state index in [1.807, 2.05) is 6.92 Å². The van der Waals surface area contributed by atoms with Crippen LogP contribution in [0.5, 0.6) is 0 Å². The normalized spacial score (nSPS) is 39.0. The van der Waals surface area contributed by atoms with E-state index in [9.17, 15) is 4.79 Å². The van der Waals surface area contributed by atoms with Gasteiger partial charge in [-0.05, 0) is 68.7 Å². The van der Waals surface area contributed by atoms with E-state index >= 15 is 0 Å². The van der Waals surface area contributed by atoms with Crippen molar-refractivity contribution < 1.29 is 4.79 Å². The molecule has 3 heteroatoms. The molecule has 1 saturated carbocycles. The lowest BCUT2D eigenvalue weighted by atomic mass is 9.52. The van der Waals surface area contributed by atoms with E-state index in [1.54, 1.807) is 0 Å². The maximum absolute atomic E-state index is 12.9. The molecule has 4 aliphatic rings. The number of amides is 1. The molecule has 3 nitrogen and oxygen atoms in total. The van der Waals surface area contributed by atoms with Crippen LogP contribution in [0.2, 0.25) is 0 Å². The van der Waals surface area contributed by atoms with E-state index in [4.69, 9.17) is 0 Å². The van der Waals surface area contributed by atoms with Gasteiger partial charge in [0, 0.05) is 29.6 Å². The van der Waals surface area contributed by atoms with Crippen molar-refractivity contribution in [2.45, 2.75) is 76.3 Å². The Morgan fingerprint density at radius 2 is 2.00 bits per heavy atom. The highest BCUT2D eigenvalue weighted by Gasteiger charge is 2.68. The van der Waals surface area contributed by atoms with Crippen LogP contribution >= 0.6 is 0 Å². The van der Waals surface area contributed by atoms with Gasteiger partial charge < -0.3 is 4.90 Å². The highest BCUT2D eigenvalue weighted by molar-refractivity contribution is 5.97. The van der Waals surface area contributed by atoms with Crippen LogP contribution in [0.3, 0.4) is 0 Å². The molecule has 4 atom stereocenters. The Morgan fingerprint density at radius 3 is 2.80 bits per heavy atom. The van der Waals surface area contributed by atoms with Crippen molar-refractivity contribution in [1.29, 1.82) is 0 Å². The molecular weight excluding hydrogens is 308 g/mol. The molecule has 0 radical (unpaired) electrons. The summed E-state index contributed by atoms with van der Waals surface area (Å²) in [5, 5.41) is 0. The van der Waals surface area contributed by atoms with Gasteiger partial charge >= 0.3 is 0 Å². The quantitative estimate of drug-likeness (QED) is 0.810. The van der Waals surface area contributed by atoms with Gasteiger partial charge in [-0.3, -0.25) is 9.69 Å². The summed E-state index contributed by atoms with van der Waals surface area (Å²) in [6, 6.07) is 9.87. The predicted octanol–water partition coefficient (Wildman–Crippen LogP) is 4.11. The largest absolute Gasteiger partial charge is 0.308 e. The van der Waals surface area contributed by atoms with Crippen molar-refractivity contribution in [3.63, 3.8) is 0 Å². The highest BCUT2D eigenvalue weighted by atomic mass is 16.2. The molecule has 1 amide bonds. The minimum absolute atomic E-state index is 0.177. The van der Waals surface area contributed by atoms with E-state index in [1.165, 1.54) is 62.9 Å². The van der Waals surface area contributed by atoms with Crippen LogP contribution in [0, 0.1) is 5.41 Å². The number of carbonyl (C=O) groups is 1. The summed E-state index contributed by atoms with van der Waals surface area (Å²) in [7, 11) is 0. The lowest BCUT2D eigenvalue weighted by Gasteiger charge is -2.58. The molecular formula is C22H30N2O. The Morgan fingerprint density at radius 1 is 1.16 bits per heavy atom. The summed E-state index contributed by atoms with van der Waals surface area (Å²) in [4.78, 5) is 17.9. The topological polar surface area (TPSA) is 23.6 Å². The molecule has 1 aromatic carbocycles. The van der Waals surface area contributed by atoms with Crippen LogP contribution < -0.4 is 4.90 Å². The lowest BCUT2D eigenvalue weighted by molar-refractivity contribution is -0.119.